The van der Waals surface area contributed by atoms with E-state index in [0.717, 1.165) is 0 Å². The van der Waals surface area contributed by atoms with Gasteiger partial charge in [-0.05, 0) is 62.8 Å². The topological polar surface area (TPSA) is 6.25 Å². The van der Waals surface area contributed by atoms with Crippen molar-refractivity contribution in [2.24, 2.45) is 0 Å². The highest BCUT2D eigenvalue weighted by Crippen LogP contribution is 2.36. The van der Waals surface area contributed by atoms with Crippen LogP contribution in [0.1, 0.15) is 36.8 Å². The Morgan fingerprint density at radius 3 is 2.07 bits per heavy atom. The minimum atomic E-state index is -6.00. The average molecular weight is 392 g/mol. The Bertz CT molecular complexity index is 844. The molecule has 2 aliphatic rings. The molecular weight excluding hydrogens is 367 g/mol. The maximum Gasteiger partial charge on any atom is 0.673 e. The minimum absolute atomic E-state index is 0.601. The fourth-order valence-electron chi connectivity index (χ4n) is 4.23. The quantitative estimate of drug-likeness (QED) is 0.340. The van der Waals surface area contributed by atoms with Gasteiger partial charge < -0.3 is 17.3 Å². The largest absolute Gasteiger partial charge is 0.673 e. The van der Waals surface area contributed by atoms with Crippen LogP contribution in [0, 0.1) is 13.8 Å². The first kappa shape index (κ1) is 20.4. The SMILES string of the molecule is Cc1ccccc1N1C=[N+](c2ccccc2C)C2CCCCC21.F[B-](F)(F)F. The summed E-state index contributed by atoms with van der Waals surface area (Å²) in [6.07, 6.45) is 7.64. The van der Waals surface area contributed by atoms with E-state index in [-0.39, 0.29) is 0 Å². The van der Waals surface area contributed by atoms with Gasteiger partial charge in [0, 0.05) is 0 Å². The summed E-state index contributed by atoms with van der Waals surface area (Å²) in [6, 6.07) is 18.7. The molecule has 4 rings (SSSR count). The van der Waals surface area contributed by atoms with Crippen LogP contribution < -0.4 is 4.90 Å². The van der Waals surface area contributed by atoms with Gasteiger partial charge >= 0.3 is 7.25 Å². The Hall–Kier alpha value is -2.31. The first-order valence-electron chi connectivity index (χ1n) is 9.66. The lowest BCUT2D eigenvalue weighted by Gasteiger charge is -2.27. The summed E-state index contributed by atoms with van der Waals surface area (Å²) >= 11 is 0. The molecule has 0 saturated heterocycles. The van der Waals surface area contributed by atoms with Crippen molar-refractivity contribution in [2.75, 3.05) is 4.90 Å². The van der Waals surface area contributed by atoms with E-state index in [1.165, 1.54) is 48.2 Å². The Morgan fingerprint density at radius 1 is 0.857 bits per heavy atom. The average Bonchev–Trinajstić information content (AvgIpc) is 3.01. The summed E-state index contributed by atoms with van der Waals surface area (Å²) in [4.78, 5) is 2.53. The highest BCUT2D eigenvalue weighted by atomic mass is 19.5. The molecule has 28 heavy (non-hydrogen) atoms. The van der Waals surface area contributed by atoms with Crippen LogP contribution in [0.5, 0.6) is 0 Å². The molecule has 150 valence electrons. The van der Waals surface area contributed by atoms with Crippen LogP contribution in [-0.2, 0) is 0 Å². The molecule has 1 aliphatic carbocycles. The second-order valence-corrected chi connectivity index (χ2v) is 7.42. The van der Waals surface area contributed by atoms with Gasteiger partial charge in [-0.1, -0.05) is 36.4 Å². The van der Waals surface area contributed by atoms with Crippen LogP contribution in [0.3, 0.4) is 0 Å². The fourth-order valence-corrected chi connectivity index (χ4v) is 4.23. The minimum Gasteiger partial charge on any atom is -0.418 e. The molecule has 0 spiro atoms. The number of nitrogens with zero attached hydrogens (tertiary/aromatic N) is 2. The lowest BCUT2D eigenvalue weighted by atomic mass is 9.89. The van der Waals surface area contributed by atoms with Crippen molar-refractivity contribution in [2.45, 2.75) is 51.6 Å². The van der Waals surface area contributed by atoms with Gasteiger partial charge in [-0.25, -0.2) is 9.48 Å². The monoisotopic (exact) mass is 392 g/mol. The van der Waals surface area contributed by atoms with Crippen LogP contribution in [0.25, 0.3) is 0 Å². The molecule has 2 aromatic carbocycles. The zero-order chi connectivity index (χ0) is 20.3. The second-order valence-electron chi connectivity index (χ2n) is 7.42. The van der Waals surface area contributed by atoms with Crippen molar-refractivity contribution in [3.05, 3.63) is 59.7 Å². The van der Waals surface area contributed by atoms with E-state index in [9.17, 15) is 17.3 Å². The number of hydrogen-bond donors (Lipinski definition) is 0. The molecule has 1 fully saturated rings. The Kier molecular flexibility index (Phi) is 6.11. The van der Waals surface area contributed by atoms with Gasteiger partial charge in [0.05, 0.1) is 0 Å². The Balaban J connectivity index is 0.000000403. The van der Waals surface area contributed by atoms with Crippen LogP contribution in [0.15, 0.2) is 48.5 Å². The zero-order valence-electron chi connectivity index (χ0n) is 16.2. The summed E-state index contributed by atoms with van der Waals surface area (Å²) in [7, 11) is -6.00. The van der Waals surface area contributed by atoms with E-state index in [1.54, 1.807) is 0 Å². The second kappa shape index (κ2) is 8.37. The number of para-hydroxylation sites is 2. The molecule has 0 bridgehead atoms. The molecule has 0 amide bonds. The summed E-state index contributed by atoms with van der Waals surface area (Å²) < 4.78 is 41.5. The molecule has 2 atom stereocenters. The molecule has 0 aromatic heterocycles. The maximum absolute atomic E-state index is 9.75. The molecule has 1 aliphatic heterocycles. The maximum atomic E-state index is 9.75. The summed E-state index contributed by atoms with van der Waals surface area (Å²) in [5.41, 5.74) is 5.44. The summed E-state index contributed by atoms with van der Waals surface area (Å²) in [5.74, 6) is 0. The Labute approximate surface area is 163 Å². The van der Waals surface area contributed by atoms with Crippen LogP contribution >= 0.6 is 0 Å². The van der Waals surface area contributed by atoms with Crippen molar-refractivity contribution in [1.82, 2.24) is 0 Å². The number of aryl methyl sites for hydroxylation is 2. The normalized spacial score (nSPS) is 21.5. The van der Waals surface area contributed by atoms with Gasteiger partial charge in [-0.15, -0.1) is 0 Å². The highest BCUT2D eigenvalue weighted by molar-refractivity contribution is 6.50. The van der Waals surface area contributed by atoms with Gasteiger partial charge in [0.2, 0.25) is 6.34 Å². The highest BCUT2D eigenvalue weighted by Gasteiger charge is 2.45. The zero-order valence-corrected chi connectivity index (χ0v) is 16.2. The molecule has 0 N–H and O–H groups in total. The molecule has 0 radical (unpaired) electrons. The van der Waals surface area contributed by atoms with Gasteiger partial charge in [0.15, 0.2) is 0 Å². The van der Waals surface area contributed by atoms with Crippen molar-refractivity contribution in [3.8, 4) is 0 Å². The number of fused-ring (bicyclic) bond motifs is 1. The van der Waals surface area contributed by atoms with Crippen molar-refractivity contribution in [1.29, 1.82) is 0 Å². The van der Waals surface area contributed by atoms with Gasteiger partial charge in [-0.3, -0.25) is 0 Å². The molecule has 2 unspecified atom stereocenters. The number of rotatable bonds is 2. The molecule has 7 heteroatoms. The third kappa shape index (κ3) is 4.75. The predicted molar refractivity (Wildman–Crippen MR) is 107 cm³/mol. The number of halogens is 4. The van der Waals surface area contributed by atoms with Crippen LogP contribution in [0.2, 0.25) is 0 Å². The standard InChI is InChI=1S/C21H25N2.BF4/c1-16-9-3-5-11-18(16)22-15-23(19-12-6-4-10-17(19)2)21-14-8-7-13-20(21)22;2-1(3,4)5/h3-6,9-12,15,20-21H,7-8,13-14H2,1-2H3;/q+1;-1. The van der Waals surface area contributed by atoms with Crippen molar-refractivity contribution < 1.29 is 21.8 Å². The van der Waals surface area contributed by atoms with Crippen molar-refractivity contribution >= 4 is 25.0 Å². The van der Waals surface area contributed by atoms with E-state index in [0.29, 0.717) is 12.1 Å². The van der Waals surface area contributed by atoms with E-state index >= 15 is 0 Å². The first-order chi connectivity index (χ1) is 13.3. The third-order valence-corrected chi connectivity index (χ3v) is 5.44. The molecule has 2 aromatic rings. The summed E-state index contributed by atoms with van der Waals surface area (Å²) in [5, 5.41) is 0. The van der Waals surface area contributed by atoms with E-state index in [4.69, 9.17) is 0 Å². The lowest BCUT2D eigenvalue weighted by Crippen LogP contribution is -2.40. The predicted octanol–water partition coefficient (Wildman–Crippen LogP) is 6.11. The van der Waals surface area contributed by atoms with Gasteiger partial charge in [0.25, 0.3) is 0 Å². The molecule has 1 heterocycles. The number of hydrogen-bond acceptors (Lipinski definition) is 1. The lowest BCUT2D eigenvalue weighted by molar-refractivity contribution is -0.477. The van der Waals surface area contributed by atoms with E-state index in [1.807, 2.05) is 0 Å². The van der Waals surface area contributed by atoms with E-state index < -0.39 is 7.25 Å². The van der Waals surface area contributed by atoms with Crippen LogP contribution in [-0.4, -0.2) is 30.3 Å². The number of benzene rings is 2. The first-order valence-corrected chi connectivity index (χ1v) is 9.66. The van der Waals surface area contributed by atoms with Crippen LogP contribution in [0.4, 0.5) is 28.6 Å². The number of anilines is 1. The Morgan fingerprint density at radius 2 is 1.43 bits per heavy atom. The third-order valence-electron chi connectivity index (χ3n) is 5.44. The van der Waals surface area contributed by atoms with Gasteiger partial charge in [-0.2, -0.15) is 0 Å². The fraction of sp³-hybridized carbons (Fsp3) is 0.381. The van der Waals surface area contributed by atoms with Crippen molar-refractivity contribution in [3.63, 3.8) is 0 Å². The smallest absolute Gasteiger partial charge is 0.418 e. The molecule has 1 saturated carbocycles. The molecule has 2 nitrogen and oxygen atoms in total. The van der Waals surface area contributed by atoms with E-state index in [2.05, 4.69) is 78.2 Å². The molecular formula is C21H25BF4N2. The van der Waals surface area contributed by atoms with Gasteiger partial charge in [0.1, 0.15) is 23.5 Å². The summed E-state index contributed by atoms with van der Waals surface area (Å²) in [6.45, 7) is 4.44.